The molecule has 0 aliphatic heterocycles. The second-order valence-corrected chi connectivity index (χ2v) is 6.07. The number of ether oxygens (including phenoxy) is 1. The van der Waals surface area contributed by atoms with Crippen LogP contribution in [0.2, 0.25) is 0 Å². The van der Waals surface area contributed by atoms with Gasteiger partial charge in [-0.15, -0.1) is 0 Å². The van der Waals surface area contributed by atoms with Crippen molar-refractivity contribution >= 4 is 5.96 Å². The summed E-state index contributed by atoms with van der Waals surface area (Å²) < 4.78 is 12.4. The second kappa shape index (κ2) is 9.47. The molecule has 0 aliphatic rings. The molecule has 7 heteroatoms. The Morgan fingerprint density at radius 2 is 2.04 bits per heavy atom. The predicted molar refractivity (Wildman–Crippen MR) is 105 cm³/mol. The van der Waals surface area contributed by atoms with Crippen LogP contribution >= 0.6 is 0 Å². The van der Waals surface area contributed by atoms with Crippen LogP contribution in [0.5, 0.6) is 5.75 Å². The summed E-state index contributed by atoms with van der Waals surface area (Å²) in [5, 5.41) is 10.9. The molecule has 0 unspecified atom stereocenters. The summed E-state index contributed by atoms with van der Waals surface area (Å²) in [6.07, 6.45) is 4.27. The first kappa shape index (κ1) is 18.6. The predicted octanol–water partition coefficient (Wildman–Crippen LogP) is 2.50. The van der Waals surface area contributed by atoms with Gasteiger partial charge in [0.1, 0.15) is 11.5 Å². The monoisotopic (exact) mass is 367 g/mol. The van der Waals surface area contributed by atoms with Gasteiger partial charge in [-0.05, 0) is 35.9 Å². The molecule has 0 aliphatic carbocycles. The minimum Gasteiger partial charge on any atom is -0.497 e. The molecular formula is C20H25N5O2. The summed E-state index contributed by atoms with van der Waals surface area (Å²) in [6, 6.07) is 13.8. The first-order valence-corrected chi connectivity index (χ1v) is 8.89. The molecule has 2 aromatic heterocycles. The van der Waals surface area contributed by atoms with Crippen LogP contribution in [0.3, 0.4) is 0 Å². The van der Waals surface area contributed by atoms with E-state index < -0.39 is 0 Å². The Balaban J connectivity index is 1.60. The zero-order chi connectivity index (χ0) is 18.9. The molecule has 0 radical (unpaired) electrons. The number of aryl methyl sites for hydroxylation is 1. The van der Waals surface area contributed by atoms with Crippen molar-refractivity contribution in [3.8, 4) is 5.75 Å². The SMILES string of the molecule is COc1ccc(CN=C(NCCc2ccco2)NCc2ccnn2C)cc1. The number of aliphatic imine (C=N–C) groups is 1. The molecule has 1 aromatic carbocycles. The van der Waals surface area contributed by atoms with E-state index in [0.717, 1.165) is 41.7 Å². The van der Waals surface area contributed by atoms with Crippen molar-refractivity contribution < 1.29 is 9.15 Å². The van der Waals surface area contributed by atoms with E-state index >= 15 is 0 Å². The summed E-state index contributed by atoms with van der Waals surface area (Å²) in [6.45, 7) is 1.95. The first-order chi connectivity index (χ1) is 13.2. The largest absolute Gasteiger partial charge is 0.497 e. The summed E-state index contributed by atoms with van der Waals surface area (Å²) in [4.78, 5) is 4.69. The van der Waals surface area contributed by atoms with Crippen LogP contribution in [-0.2, 0) is 26.6 Å². The van der Waals surface area contributed by atoms with Gasteiger partial charge in [-0.2, -0.15) is 5.10 Å². The molecule has 0 spiro atoms. The highest BCUT2D eigenvalue weighted by Crippen LogP contribution is 2.11. The fraction of sp³-hybridized carbons (Fsp3) is 0.300. The average Bonchev–Trinajstić information content (AvgIpc) is 3.35. The van der Waals surface area contributed by atoms with Gasteiger partial charge < -0.3 is 19.8 Å². The molecule has 2 heterocycles. The molecule has 0 bridgehead atoms. The molecule has 3 rings (SSSR count). The number of furan rings is 1. The third-order valence-electron chi connectivity index (χ3n) is 4.18. The van der Waals surface area contributed by atoms with Crippen LogP contribution in [0.4, 0.5) is 0 Å². The number of nitrogens with zero attached hydrogens (tertiary/aromatic N) is 3. The summed E-state index contributed by atoms with van der Waals surface area (Å²) >= 11 is 0. The van der Waals surface area contributed by atoms with Gasteiger partial charge in [-0.1, -0.05) is 12.1 Å². The maximum atomic E-state index is 5.38. The minimum absolute atomic E-state index is 0.575. The Hall–Kier alpha value is -3.22. The molecular weight excluding hydrogens is 342 g/mol. The summed E-state index contributed by atoms with van der Waals surface area (Å²) in [5.74, 6) is 2.54. The van der Waals surface area contributed by atoms with Gasteiger partial charge in [0.05, 0.1) is 32.2 Å². The van der Waals surface area contributed by atoms with Crippen LogP contribution < -0.4 is 15.4 Å². The molecule has 0 fully saturated rings. The normalized spacial score (nSPS) is 11.4. The smallest absolute Gasteiger partial charge is 0.191 e. The number of guanidine groups is 1. The van der Waals surface area contributed by atoms with Gasteiger partial charge in [0.2, 0.25) is 0 Å². The van der Waals surface area contributed by atoms with Gasteiger partial charge in [-0.25, -0.2) is 4.99 Å². The van der Waals surface area contributed by atoms with Crippen molar-refractivity contribution in [1.29, 1.82) is 0 Å². The van der Waals surface area contributed by atoms with Gasteiger partial charge in [0.25, 0.3) is 0 Å². The minimum atomic E-state index is 0.575. The van der Waals surface area contributed by atoms with E-state index in [2.05, 4.69) is 15.7 Å². The van der Waals surface area contributed by atoms with Crippen LogP contribution in [0.15, 0.2) is 64.3 Å². The molecule has 142 valence electrons. The molecule has 2 N–H and O–H groups in total. The number of methoxy groups -OCH3 is 1. The molecule has 0 atom stereocenters. The third-order valence-corrected chi connectivity index (χ3v) is 4.18. The molecule has 0 saturated heterocycles. The fourth-order valence-electron chi connectivity index (χ4n) is 2.58. The molecule has 0 saturated carbocycles. The van der Waals surface area contributed by atoms with E-state index in [1.807, 2.05) is 54.2 Å². The molecule has 27 heavy (non-hydrogen) atoms. The highest BCUT2D eigenvalue weighted by atomic mass is 16.5. The van der Waals surface area contributed by atoms with Gasteiger partial charge in [0, 0.05) is 26.2 Å². The number of hydrogen-bond acceptors (Lipinski definition) is 4. The number of nitrogens with one attached hydrogen (secondary N) is 2. The first-order valence-electron chi connectivity index (χ1n) is 8.89. The van der Waals surface area contributed by atoms with Gasteiger partial charge >= 0.3 is 0 Å². The number of hydrogen-bond donors (Lipinski definition) is 2. The Labute approximate surface area is 159 Å². The highest BCUT2D eigenvalue weighted by Gasteiger charge is 2.04. The average molecular weight is 367 g/mol. The van der Waals surface area contributed by atoms with Crippen LogP contribution in [0.1, 0.15) is 17.0 Å². The lowest BCUT2D eigenvalue weighted by molar-refractivity contribution is 0.414. The van der Waals surface area contributed by atoms with Crippen molar-refractivity contribution in [3.63, 3.8) is 0 Å². The molecule has 3 aromatic rings. The van der Waals surface area contributed by atoms with E-state index in [9.17, 15) is 0 Å². The zero-order valence-corrected chi connectivity index (χ0v) is 15.7. The summed E-state index contributed by atoms with van der Waals surface area (Å²) in [5.41, 5.74) is 2.20. The highest BCUT2D eigenvalue weighted by molar-refractivity contribution is 5.79. The number of rotatable bonds is 8. The Morgan fingerprint density at radius 1 is 1.19 bits per heavy atom. The zero-order valence-electron chi connectivity index (χ0n) is 15.7. The van der Waals surface area contributed by atoms with Crippen LogP contribution in [-0.4, -0.2) is 29.4 Å². The molecule has 7 nitrogen and oxygen atoms in total. The molecule has 0 amide bonds. The van der Waals surface area contributed by atoms with Crippen molar-refractivity contribution in [1.82, 2.24) is 20.4 Å². The van der Waals surface area contributed by atoms with E-state index in [1.54, 1.807) is 19.6 Å². The maximum Gasteiger partial charge on any atom is 0.191 e. The van der Waals surface area contributed by atoms with Gasteiger partial charge in [0.15, 0.2) is 5.96 Å². The summed E-state index contributed by atoms with van der Waals surface area (Å²) in [7, 11) is 3.59. The number of benzene rings is 1. The van der Waals surface area contributed by atoms with Crippen molar-refractivity contribution in [2.75, 3.05) is 13.7 Å². The van der Waals surface area contributed by atoms with Gasteiger partial charge in [-0.3, -0.25) is 4.68 Å². The third kappa shape index (κ3) is 5.64. The Morgan fingerprint density at radius 3 is 2.70 bits per heavy atom. The topological polar surface area (TPSA) is 76.6 Å². The van der Waals surface area contributed by atoms with Crippen LogP contribution in [0.25, 0.3) is 0 Å². The Kier molecular flexibility index (Phi) is 6.51. The van der Waals surface area contributed by atoms with E-state index in [1.165, 1.54) is 0 Å². The van der Waals surface area contributed by atoms with E-state index in [0.29, 0.717) is 13.1 Å². The van der Waals surface area contributed by atoms with Crippen molar-refractivity contribution in [2.24, 2.45) is 12.0 Å². The van der Waals surface area contributed by atoms with E-state index in [-0.39, 0.29) is 0 Å². The maximum absolute atomic E-state index is 5.38. The van der Waals surface area contributed by atoms with E-state index in [4.69, 9.17) is 14.1 Å². The number of aromatic nitrogens is 2. The second-order valence-electron chi connectivity index (χ2n) is 6.07. The standard InChI is InChI=1S/C20H25N5O2/c1-25-17(9-12-24-25)15-23-20(21-11-10-19-4-3-13-27-19)22-14-16-5-7-18(26-2)8-6-16/h3-9,12-13H,10-11,14-15H2,1-2H3,(H2,21,22,23). The lowest BCUT2D eigenvalue weighted by Crippen LogP contribution is -2.38. The lowest BCUT2D eigenvalue weighted by Gasteiger charge is -2.12. The van der Waals surface area contributed by atoms with Crippen LogP contribution in [0, 0.1) is 0 Å². The Bertz CT molecular complexity index is 838. The quantitative estimate of drug-likeness (QED) is 0.473. The van der Waals surface area contributed by atoms with Crippen molar-refractivity contribution in [3.05, 3.63) is 71.9 Å². The fourth-order valence-corrected chi connectivity index (χ4v) is 2.58. The van der Waals surface area contributed by atoms with Crippen molar-refractivity contribution in [2.45, 2.75) is 19.5 Å². The lowest BCUT2D eigenvalue weighted by atomic mass is 10.2.